The minimum Gasteiger partial charge on any atom is -0.420 e. The third kappa shape index (κ3) is 2.70. The Morgan fingerprint density at radius 3 is 2.12 bits per heavy atom. The van der Waals surface area contributed by atoms with Crippen LogP contribution in [-0.2, 0) is 7.05 Å². The molecule has 0 amide bonds. The van der Waals surface area contributed by atoms with Crippen molar-refractivity contribution in [1.82, 2.24) is 4.57 Å². The third-order valence-corrected chi connectivity index (χ3v) is 4.31. The average Bonchev–Trinajstić information content (AvgIpc) is 2.95. The van der Waals surface area contributed by atoms with Gasteiger partial charge in [-0.3, -0.25) is 0 Å². The van der Waals surface area contributed by atoms with Crippen LogP contribution < -0.4 is 4.74 Å². The monoisotopic (exact) mass is 327 g/mol. The van der Waals surface area contributed by atoms with Gasteiger partial charge in [-0.05, 0) is 24.3 Å². The number of benzene rings is 3. The molecule has 1 aromatic heterocycles. The van der Waals surface area contributed by atoms with Crippen LogP contribution in [0, 0.1) is 0 Å². The number of nitrogens with zero attached hydrogens (tertiary/aromatic N) is 1. The first kappa shape index (κ1) is 15.2. The second-order valence-electron chi connectivity index (χ2n) is 5.88. The lowest BCUT2D eigenvalue weighted by Gasteiger charge is -2.09. The van der Waals surface area contributed by atoms with E-state index in [9.17, 15) is 4.79 Å². The van der Waals surface area contributed by atoms with Crippen molar-refractivity contribution in [1.29, 1.82) is 0 Å². The van der Waals surface area contributed by atoms with Crippen molar-refractivity contribution < 1.29 is 9.53 Å². The molecule has 0 saturated carbocycles. The number of hydrogen-bond donors (Lipinski definition) is 0. The van der Waals surface area contributed by atoms with Gasteiger partial charge in [0.2, 0.25) is 0 Å². The van der Waals surface area contributed by atoms with E-state index in [2.05, 4.69) is 4.57 Å². The Morgan fingerprint density at radius 1 is 0.800 bits per heavy atom. The van der Waals surface area contributed by atoms with Crippen LogP contribution >= 0.6 is 0 Å². The van der Waals surface area contributed by atoms with Crippen LogP contribution in [0.2, 0.25) is 0 Å². The summed E-state index contributed by atoms with van der Waals surface area (Å²) in [6.07, 6.45) is 0. The van der Waals surface area contributed by atoms with Gasteiger partial charge in [-0.25, -0.2) is 4.79 Å². The molecule has 0 saturated heterocycles. The Bertz CT molecular complexity index is 1030. The molecule has 0 N–H and O–H groups in total. The number of aromatic nitrogens is 1. The molecular weight excluding hydrogens is 310 g/mol. The number of para-hydroxylation sites is 1. The van der Waals surface area contributed by atoms with Gasteiger partial charge < -0.3 is 9.30 Å². The van der Waals surface area contributed by atoms with Gasteiger partial charge in [0.1, 0.15) is 0 Å². The second kappa shape index (κ2) is 6.29. The maximum absolute atomic E-state index is 12.6. The van der Waals surface area contributed by atoms with E-state index in [0.717, 1.165) is 22.2 Å². The molecule has 0 atom stereocenters. The maximum Gasteiger partial charge on any atom is 0.343 e. The minimum atomic E-state index is -0.353. The van der Waals surface area contributed by atoms with E-state index in [-0.39, 0.29) is 5.97 Å². The summed E-state index contributed by atoms with van der Waals surface area (Å²) in [5.41, 5.74) is 3.47. The Balaban J connectivity index is 1.89. The largest absolute Gasteiger partial charge is 0.420 e. The van der Waals surface area contributed by atoms with E-state index >= 15 is 0 Å². The van der Waals surface area contributed by atoms with E-state index in [0.29, 0.717) is 11.3 Å². The van der Waals surface area contributed by atoms with Gasteiger partial charge in [-0.15, -0.1) is 0 Å². The van der Waals surface area contributed by atoms with Gasteiger partial charge in [0, 0.05) is 18.0 Å². The van der Waals surface area contributed by atoms with Crippen LogP contribution in [0.25, 0.3) is 22.2 Å². The summed E-state index contributed by atoms with van der Waals surface area (Å²) >= 11 is 0. The summed E-state index contributed by atoms with van der Waals surface area (Å²) in [5, 5.41) is 0.924. The van der Waals surface area contributed by atoms with Crippen LogP contribution in [0.4, 0.5) is 0 Å². The molecule has 0 bridgehead atoms. The second-order valence-corrected chi connectivity index (χ2v) is 5.88. The van der Waals surface area contributed by atoms with Gasteiger partial charge in [-0.2, -0.15) is 0 Å². The first-order valence-corrected chi connectivity index (χ1v) is 8.16. The first-order valence-electron chi connectivity index (χ1n) is 8.16. The predicted octanol–water partition coefficient (Wildman–Crippen LogP) is 5.06. The number of esters is 1. The molecule has 0 aliphatic carbocycles. The molecule has 0 spiro atoms. The van der Waals surface area contributed by atoms with E-state index < -0.39 is 0 Å². The van der Waals surface area contributed by atoms with Gasteiger partial charge >= 0.3 is 5.97 Å². The van der Waals surface area contributed by atoms with E-state index in [1.807, 2.05) is 79.8 Å². The van der Waals surface area contributed by atoms with Gasteiger partial charge in [0.15, 0.2) is 5.75 Å². The van der Waals surface area contributed by atoms with E-state index in [1.54, 1.807) is 12.1 Å². The number of carbonyl (C=O) groups excluding carboxylic acids is 1. The van der Waals surface area contributed by atoms with Gasteiger partial charge in [-0.1, -0.05) is 60.7 Å². The van der Waals surface area contributed by atoms with Crippen molar-refractivity contribution in [2.24, 2.45) is 7.05 Å². The highest BCUT2D eigenvalue weighted by molar-refractivity contribution is 6.00. The summed E-state index contributed by atoms with van der Waals surface area (Å²) in [7, 11) is 1.99. The number of rotatable bonds is 3. The molecule has 25 heavy (non-hydrogen) atoms. The molecule has 0 unspecified atom stereocenters. The van der Waals surface area contributed by atoms with E-state index in [1.165, 1.54) is 0 Å². The summed E-state index contributed by atoms with van der Waals surface area (Å²) in [4.78, 5) is 12.6. The minimum absolute atomic E-state index is 0.353. The molecule has 0 fully saturated rings. The molecule has 122 valence electrons. The van der Waals surface area contributed by atoms with Crippen LogP contribution in [0.3, 0.4) is 0 Å². The highest BCUT2D eigenvalue weighted by Gasteiger charge is 2.20. The van der Waals surface area contributed by atoms with Crippen molar-refractivity contribution in [3.63, 3.8) is 0 Å². The quantitative estimate of drug-likeness (QED) is 0.492. The summed E-state index contributed by atoms with van der Waals surface area (Å²) in [6, 6.07) is 27.0. The molecular formula is C22H17NO2. The predicted molar refractivity (Wildman–Crippen MR) is 99.8 cm³/mol. The summed E-state index contributed by atoms with van der Waals surface area (Å²) in [6.45, 7) is 0. The molecule has 4 rings (SSSR count). The summed E-state index contributed by atoms with van der Waals surface area (Å²) in [5.74, 6) is 0.243. The van der Waals surface area contributed by atoms with Gasteiger partial charge in [0.25, 0.3) is 0 Å². The molecule has 1 heterocycles. The molecule has 0 aliphatic heterocycles. The van der Waals surface area contributed by atoms with Crippen LogP contribution in [-0.4, -0.2) is 10.5 Å². The normalized spacial score (nSPS) is 10.8. The van der Waals surface area contributed by atoms with E-state index in [4.69, 9.17) is 4.74 Å². The number of fused-ring (bicyclic) bond motifs is 1. The van der Waals surface area contributed by atoms with Crippen LogP contribution in [0.5, 0.6) is 5.75 Å². The molecule has 0 radical (unpaired) electrons. The standard InChI is InChI=1S/C22H17NO2/c1-23-19-15-9-8-14-18(19)21(20(23)16-10-4-2-5-11-16)25-22(24)17-12-6-3-7-13-17/h2-15H,1H3. The van der Waals surface area contributed by atoms with Crippen molar-refractivity contribution in [3.05, 3.63) is 90.5 Å². The van der Waals surface area contributed by atoms with Gasteiger partial charge in [0.05, 0.1) is 16.8 Å². The molecule has 3 nitrogen and oxygen atoms in total. The number of carbonyl (C=O) groups is 1. The fourth-order valence-corrected chi connectivity index (χ4v) is 3.11. The number of ether oxygens (including phenoxy) is 1. The zero-order valence-corrected chi connectivity index (χ0v) is 13.8. The van der Waals surface area contributed by atoms with Crippen molar-refractivity contribution in [3.8, 4) is 17.0 Å². The molecule has 3 heteroatoms. The zero-order valence-electron chi connectivity index (χ0n) is 13.8. The zero-order chi connectivity index (χ0) is 17.2. The number of aryl methyl sites for hydroxylation is 1. The Morgan fingerprint density at radius 2 is 1.40 bits per heavy atom. The molecule has 4 aromatic rings. The first-order chi connectivity index (χ1) is 12.3. The Kier molecular flexibility index (Phi) is 3.82. The third-order valence-electron chi connectivity index (χ3n) is 4.31. The summed E-state index contributed by atoms with van der Waals surface area (Å²) < 4.78 is 7.93. The molecule has 3 aromatic carbocycles. The highest BCUT2D eigenvalue weighted by atomic mass is 16.5. The number of hydrogen-bond acceptors (Lipinski definition) is 2. The van der Waals surface area contributed by atoms with Crippen LogP contribution in [0.1, 0.15) is 10.4 Å². The Hall–Kier alpha value is -3.33. The van der Waals surface area contributed by atoms with Crippen molar-refractivity contribution in [2.75, 3.05) is 0 Å². The fraction of sp³-hybridized carbons (Fsp3) is 0.0455. The SMILES string of the molecule is Cn1c(-c2ccccc2)c(OC(=O)c2ccccc2)c2ccccc21. The lowest BCUT2D eigenvalue weighted by Crippen LogP contribution is -2.09. The average molecular weight is 327 g/mol. The lowest BCUT2D eigenvalue weighted by molar-refractivity contribution is 0.0737. The maximum atomic E-state index is 12.6. The molecule has 0 aliphatic rings. The highest BCUT2D eigenvalue weighted by Crippen LogP contribution is 2.39. The fourth-order valence-electron chi connectivity index (χ4n) is 3.11. The van der Waals surface area contributed by atoms with Crippen molar-refractivity contribution >= 4 is 16.9 Å². The van der Waals surface area contributed by atoms with Crippen molar-refractivity contribution in [2.45, 2.75) is 0 Å². The lowest BCUT2D eigenvalue weighted by atomic mass is 10.1. The smallest absolute Gasteiger partial charge is 0.343 e. The van der Waals surface area contributed by atoms with Crippen LogP contribution in [0.15, 0.2) is 84.9 Å². The Labute approximate surface area is 146 Å². The topological polar surface area (TPSA) is 31.2 Å².